The van der Waals surface area contributed by atoms with Crippen molar-refractivity contribution in [3.63, 3.8) is 0 Å². The van der Waals surface area contributed by atoms with Gasteiger partial charge >= 0.3 is 5.97 Å². The quantitative estimate of drug-likeness (QED) is 0.315. The molecule has 106 valence electrons. The lowest BCUT2D eigenvalue weighted by Gasteiger charge is -2.08. The molecule has 0 heterocycles. The van der Waals surface area contributed by atoms with Crippen LogP contribution in [0.5, 0.6) is 0 Å². The highest BCUT2D eigenvalue weighted by Gasteiger charge is 2.04. The smallest absolute Gasteiger partial charge is 0.306 e. The third kappa shape index (κ3) is 11.4. The third-order valence-electron chi connectivity index (χ3n) is 2.28. The average Bonchev–Trinajstić information content (AvgIpc) is 2.37. The molecule has 0 spiro atoms. The highest BCUT2D eigenvalue weighted by Crippen LogP contribution is 2.06. The lowest BCUT2D eigenvalue weighted by molar-refractivity contribution is -0.143. The Labute approximate surface area is 108 Å². The van der Waals surface area contributed by atoms with Crippen LogP contribution in [0, 0.1) is 0 Å². The Bertz CT molecular complexity index is 203. The molecule has 0 aliphatic rings. The van der Waals surface area contributed by atoms with Crippen molar-refractivity contribution < 1.29 is 24.5 Å². The van der Waals surface area contributed by atoms with E-state index in [-0.39, 0.29) is 25.6 Å². The summed E-state index contributed by atoms with van der Waals surface area (Å²) in [7, 11) is 0. The fraction of sp³-hybridized carbons (Fsp3) is 0.769. The van der Waals surface area contributed by atoms with E-state index in [0.717, 1.165) is 6.42 Å². The molecular weight excluding hydrogens is 236 g/mol. The molecule has 0 atom stereocenters. The number of hydrogen-bond donors (Lipinski definition) is 2. The van der Waals surface area contributed by atoms with Crippen molar-refractivity contribution >= 4 is 5.97 Å². The number of aliphatic hydroxyl groups excluding tert-OH is 2. The van der Waals surface area contributed by atoms with Crippen LogP contribution in [0.3, 0.4) is 0 Å². The van der Waals surface area contributed by atoms with E-state index < -0.39 is 0 Å². The summed E-state index contributed by atoms with van der Waals surface area (Å²) in [5, 5.41) is 17.1. The molecule has 0 aromatic carbocycles. The third-order valence-corrected chi connectivity index (χ3v) is 2.28. The van der Waals surface area contributed by atoms with E-state index in [0.29, 0.717) is 44.7 Å². The molecule has 0 aromatic rings. The molecule has 0 bridgehead atoms. The zero-order chi connectivity index (χ0) is 13.6. The topological polar surface area (TPSA) is 76.0 Å². The fourth-order valence-electron chi connectivity index (χ4n) is 1.22. The zero-order valence-electron chi connectivity index (χ0n) is 10.9. The second-order valence-corrected chi connectivity index (χ2v) is 3.97. The Hall–Kier alpha value is -1.07. The molecule has 0 fully saturated rings. The van der Waals surface area contributed by atoms with Gasteiger partial charge in [-0.15, -0.1) is 0 Å². The molecular formula is C13H24O5. The van der Waals surface area contributed by atoms with Crippen LogP contribution in [-0.2, 0) is 14.3 Å². The number of ether oxygens (including phenoxy) is 2. The lowest BCUT2D eigenvalue weighted by atomic mass is 10.3. The molecule has 0 aliphatic heterocycles. The van der Waals surface area contributed by atoms with Crippen LogP contribution in [0.4, 0.5) is 0 Å². The Morgan fingerprint density at radius 1 is 0.889 bits per heavy atom. The second-order valence-electron chi connectivity index (χ2n) is 3.97. The molecule has 18 heavy (non-hydrogen) atoms. The van der Waals surface area contributed by atoms with Gasteiger partial charge < -0.3 is 19.7 Å². The Balaban J connectivity index is 3.39. The van der Waals surface area contributed by atoms with E-state index >= 15 is 0 Å². The predicted molar refractivity (Wildman–Crippen MR) is 67.9 cm³/mol. The van der Waals surface area contributed by atoms with Crippen LogP contribution < -0.4 is 0 Å². The largest absolute Gasteiger partial charge is 0.499 e. The van der Waals surface area contributed by atoms with Gasteiger partial charge in [-0.1, -0.05) is 6.58 Å². The predicted octanol–water partition coefficient (Wildman–Crippen LogP) is 1.39. The van der Waals surface area contributed by atoms with E-state index in [2.05, 4.69) is 6.58 Å². The number of rotatable bonds is 12. The minimum atomic E-state index is -0.270. The van der Waals surface area contributed by atoms with Crippen LogP contribution in [0.25, 0.3) is 0 Å². The normalized spacial score (nSPS) is 10.1. The van der Waals surface area contributed by atoms with Crippen LogP contribution in [0.1, 0.15) is 38.5 Å². The monoisotopic (exact) mass is 260 g/mol. The first-order valence-electron chi connectivity index (χ1n) is 6.38. The molecule has 0 saturated carbocycles. The first kappa shape index (κ1) is 16.9. The highest BCUT2D eigenvalue weighted by molar-refractivity contribution is 5.69. The summed E-state index contributed by atoms with van der Waals surface area (Å²) < 4.78 is 10.2. The SMILES string of the molecule is C=C(CCC(=O)OCCCCO)OCCCCO. The summed E-state index contributed by atoms with van der Waals surface area (Å²) in [6.45, 7) is 4.86. The number of unbranched alkanes of at least 4 members (excludes halogenated alkanes) is 2. The maximum Gasteiger partial charge on any atom is 0.306 e. The first-order valence-corrected chi connectivity index (χ1v) is 6.38. The van der Waals surface area contributed by atoms with E-state index in [1.807, 2.05) is 0 Å². The molecule has 0 saturated heterocycles. The van der Waals surface area contributed by atoms with Gasteiger partial charge in [0.05, 0.1) is 25.4 Å². The molecule has 0 rings (SSSR count). The molecule has 0 aromatic heterocycles. The number of hydrogen-bond acceptors (Lipinski definition) is 5. The molecule has 2 N–H and O–H groups in total. The first-order chi connectivity index (χ1) is 8.70. The molecule has 0 unspecified atom stereocenters. The van der Waals surface area contributed by atoms with Crippen molar-refractivity contribution in [2.75, 3.05) is 26.4 Å². The van der Waals surface area contributed by atoms with E-state index in [9.17, 15) is 4.79 Å². The molecule has 0 radical (unpaired) electrons. The number of esters is 1. The zero-order valence-corrected chi connectivity index (χ0v) is 10.9. The summed E-state index contributed by atoms with van der Waals surface area (Å²) in [5.41, 5.74) is 0. The minimum absolute atomic E-state index is 0.121. The number of carbonyl (C=O) groups excluding carboxylic acids is 1. The standard InChI is InChI=1S/C13H24O5/c1-12(17-10-4-2-8-14)6-7-13(16)18-11-5-3-9-15/h14-15H,1-11H2. The van der Waals surface area contributed by atoms with Gasteiger partial charge in [0.2, 0.25) is 0 Å². The maximum atomic E-state index is 11.3. The summed E-state index contributed by atoms with van der Waals surface area (Å²) in [6.07, 6.45) is 3.53. The number of carbonyl (C=O) groups is 1. The van der Waals surface area contributed by atoms with Gasteiger partial charge in [-0.05, 0) is 25.7 Å². The lowest BCUT2D eigenvalue weighted by Crippen LogP contribution is -2.07. The van der Waals surface area contributed by atoms with Gasteiger partial charge in [0, 0.05) is 19.6 Å². The molecule has 0 amide bonds. The second kappa shape index (κ2) is 12.4. The van der Waals surface area contributed by atoms with Crippen LogP contribution in [0.15, 0.2) is 12.3 Å². The van der Waals surface area contributed by atoms with E-state index in [1.54, 1.807) is 0 Å². The summed E-state index contributed by atoms with van der Waals surface area (Å²) in [4.78, 5) is 11.3. The summed E-state index contributed by atoms with van der Waals surface area (Å²) in [6, 6.07) is 0. The average molecular weight is 260 g/mol. The molecule has 5 heteroatoms. The van der Waals surface area contributed by atoms with Crippen LogP contribution >= 0.6 is 0 Å². The molecule has 0 aliphatic carbocycles. The van der Waals surface area contributed by atoms with Crippen molar-refractivity contribution in [1.29, 1.82) is 0 Å². The van der Waals surface area contributed by atoms with E-state index in [4.69, 9.17) is 19.7 Å². The van der Waals surface area contributed by atoms with Gasteiger partial charge in [-0.25, -0.2) is 0 Å². The van der Waals surface area contributed by atoms with Gasteiger partial charge in [-0.2, -0.15) is 0 Å². The van der Waals surface area contributed by atoms with Gasteiger partial charge in [0.1, 0.15) is 0 Å². The number of allylic oxidation sites excluding steroid dienone is 1. The van der Waals surface area contributed by atoms with Gasteiger partial charge in [0.15, 0.2) is 0 Å². The summed E-state index contributed by atoms with van der Waals surface area (Å²) in [5.74, 6) is 0.299. The summed E-state index contributed by atoms with van der Waals surface area (Å²) >= 11 is 0. The number of aliphatic hydroxyl groups is 2. The highest BCUT2D eigenvalue weighted by atomic mass is 16.5. The van der Waals surface area contributed by atoms with Gasteiger partial charge in [-0.3, -0.25) is 4.79 Å². The van der Waals surface area contributed by atoms with Crippen LogP contribution in [-0.4, -0.2) is 42.6 Å². The van der Waals surface area contributed by atoms with Crippen molar-refractivity contribution in [2.45, 2.75) is 38.5 Å². The Morgan fingerprint density at radius 3 is 2.00 bits per heavy atom. The van der Waals surface area contributed by atoms with Crippen molar-refractivity contribution in [3.8, 4) is 0 Å². The van der Waals surface area contributed by atoms with Crippen molar-refractivity contribution in [3.05, 3.63) is 12.3 Å². The van der Waals surface area contributed by atoms with Gasteiger partial charge in [0.25, 0.3) is 0 Å². The van der Waals surface area contributed by atoms with Crippen molar-refractivity contribution in [1.82, 2.24) is 0 Å². The van der Waals surface area contributed by atoms with Crippen LogP contribution in [0.2, 0.25) is 0 Å². The van der Waals surface area contributed by atoms with Crippen molar-refractivity contribution in [2.24, 2.45) is 0 Å². The fourth-order valence-corrected chi connectivity index (χ4v) is 1.22. The minimum Gasteiger partial charge on any atom is -0.499 e. The maximum absolute atomic E-state index is 11.3. The molecule has 5 nitrogen and oxygen atoms in total. The Kier molecular flexibility index (Phi) is 11.7. The van der Waals surface area contributed by atoms with E-state index in [1.165, 1.54) is 0 Å². The Morgan fingerprint density at radius 2 is 1.44 bits per heavy atom.